The second-order valence-corrected chi connectivity index (χ2v) is 5.61. The van der Waals surface area contributed by atoms with E-state index < -0.39 is 12.0 Å². The molecule has 0 aliphatic rings. The van der Waals surface area contributed by atoms with E-state index in [-0.39, 0.29) is 12.3 Å². The summed E-state index contributed by atoms with van der Waals surface area (Å²) in [7, 11) is 0. The molecule has 0 aliphatic carbocycles. The molecule has 1 atom stereocenters. The average molecular weight is 296 g/mol. The van der Waals surface area contributed by atoms with Crippen molar-refractivity contribution in [3.05, 3.63) is 11.9 Å². The highest BCUT2D eigenvalue weighted by atomic mass is 16.4. The van der Waals surface area contributed by atoms with Crippen molar-refractivity contribution in [3.8, 4) is 0 Å². The number of unbranched alkanes of at least 4 members (excludes halogenated alkanes) is 1. The lowest BCUT2D eigenvalue weighted by Gasteiger charge is -2.13. The molecule has 7 heteroatoms. The fraction of sp³-hybridized carbons (Fsp3) is 0.714. The first-order valence-electron chi connectivity index (χ1n) is 7.30. The molecular weight excluding hydrogens is 272 g/mol. The van der Waals surface area contributed by atoms with Crippen molar-refractivity contribution in [2.75, 3.05) is 6.54 Å². The number of carboxylic acids is 1. The molecule has 0 saturated heterocycles. The van der Waals surface area contributed by atoms with Crippen LogP contribution in [-0.4, -0.2) is 38.5 Å². The predicted octanol–water partition coefficient (Wildman–Crippen LogP) is 1.41. The van der Waals surface area contributed by atoms with Gasteiger partial charge in [-0.15, -0.1) is 5.10 Å². The van der Waals surface area contributed by atoms with E-state index in [2.05, 4.69) is 15.6 Å². The van der Waals surface area contributed by atoms with Gasteiger partial charge in [0.15, 0.2) is 0 Å². The Balaban J connectivity index is 2.42. The quantitative estimate of drug-likeness (QED) is 0.671. The lowest BCUT2D eigenvalue weighted by molar-refractivity contribution is -0.137. The molecule has 0 radical (unpaired) electrons. The molecule has 0 saturated carbocycles. The van der Waals surface area contributed by atoms with Crippen molar-refractivity contribution in [3.63, 3.8) is 0 Å². The van der Waals surface area contributed by atoms with Crippen LogP contribution in [0.25, 0.3) is 0 Å². The van der Waals surface area contributed by atoms with Crippen molar-refractivity contribution >= 4 is 11.9 Å². The Labute approximate surface area is 124 Å². The van der Waals surface area contributed by atoms with E-state index in [1.165, 1.54) is 0 Å². The molecule has 2 N–H and O–H groups in total. The minimum atomic E-state index is -0.783. The molecule has 0 aliphatic heterocycles. The highest BCUT2D eigenvalue weighted by Crippen LogP contribution is 2.08. The number of carbonyl (C=O) groups excluding carboxylic acids is 1. The van der Waals surface area contributed by atoms with Crippen LogP contribution in [0.2, 0.25) is 0 Å². The maximum atomic E-state index is 11.9. The van der Waals surface area contributed by atoms with Gasteiger partial charge in [-0.05, 0) is 32.1 Å². The van der Waals surface area contributed by atoms with Gasteiger partial charge in [0.05, 0.1) is 5.69 Å². The molecule has 0 fully saturated rings. The van der Waals surface area contributed by atoms with Gasteiger partial charge in [0.1, 0.15) is 6.04 Å². The summed E-state index contributed by atoms with van der Waals surface area (Å²) in [5, 5.41) is 19.4. The van der Waals surface area contributed by atoms with Gasteiger partial charge >= 0.3 is 5.97 Å². The highest BCUT2D eigenvalue weighted by Gasteiger charge is 2.16. The van der Waals surface area contributed by atoms with E-state index in [0.717, 1.165) is 12.1 Å². The van der Waals surface area contributed by atoms with Crippen LogP contribution >= 0.6 is 0 Å². The zero-order chi connectivity index (χ0) is 15.8. The van der Waals surface area contributed by atoms with Gasteiger partial charge in [0.2, 0.25) is 5.91 Å². The number of nitrogens with zero attached hydrogens (tertiary/aromatic N) is 3. The Kier molecular flexibility index (Phi) is 6.84. The van der Waals surface area contributed by atoms with Crippen molar-refractivity contribution in [1.29, 1.82) is 0 Å². The molecule has 118 valence electrons. The second-order valence-electron chi connectivity index (χ2n) is 5.61. The molecule has 0 aromatic carbocycles. The Morgan fingerprint density at radius 3 is 2.67 bits per heavy atom. The summed E-state index contributed by atoms with van der Waals surface area (Å²) >= 11 is 0. The summed E-state index contributed by atoms with van der Waals surface area (Å²) in [6.07, 6.45) is 3.96. The van der Waals surface area contributed by atoms with Gasteiger partial charge in [0, 0.05) is 19.2 Å². The zero-order valence-electron chi connectivity index (χ0n) is 12.9. The number of hydrogen-bond donors (Lipinski definition) is 2. The number of aromatic nitrogens is 3. The van der Waals surface area contributed by atoms with Crippen LogP contribution in [0.4, 0.5) is 0 Å². The van der Waals surface area contributed by atoms with Crippen LogP contribution in [0.1, 0.15) is 51.8 Å². The Bertz CT molecular complexity index is 471. The van der Waals surface area contributed by atoms with Crippen LogP contribution in [0.3, 0.4) is 0 Å². The van der Waals surface area contributed by atoms with Gasteiger partial charge in [-0.1, -0.05) is 19.1 Å². The molecule has 1 amide bonds. The van der Waals surface area contributed by atoms with Crippen molar-refractivity contribution < 1.29 is 14.7 Å². The number of rotatable bonds is 9. The largest absolute Gasteiger partial charge is 0.481 e. The summed E-state index contributed by atoms with van der Waals surface area (Å²) in [6, 6.07) is -0.399. The molecule has 1 heterocycles. The van der Waals surface area contributed by atoms with Crippen molar-refractivity contribution in [2.24, 2.45) is 5.92 Å². The van der Waals surface area contributed by atoms with Gasteiger partial charge in [0.25, 0.3) is 0 Å². The summed E-state index contributed by atoms with van der Waals surface area (Å²) in [5.74, 6) is -0.457. The maximum Gasteiger partial charge on any atom is 0.303 e. The van der Waals surface area contributed by atoms with Gasteiger partial charge in [-0.25, -0.2) is 4.68 Å². The average Bonchev–Trinajstić information content (AvgIpc) is 2.88. The first-order valence-corrected chi connectivity index (χ1v) is 7.30. The Morgan fingerprint density at radius 1 is 1.33 bits per heavy atom. The highest BCUT2D eigenvalue weighted by molar-refractivity contribution is 5.79. The molecule has 1 aromatic heterocycles. The number of carboxylic acid groups (broad SMARTS) is 1. The second kappa shape index (κ2) is 8.39. The monoisotopic (exact) mass is 296 g/mol. The fourth-order valence-corrected chi connectivity index (χ4v) is 1.77. The molecule has 1 rings (SSSR count). The lowest BCUT2D eigenvalue weighted by atomic mass is 10.1. The number of nitrogens with one attached hydrogen (secondary N) is 1. The van der Waals surface area contributed by atoms with Crippen LogP contribution in [0.15, 0.2) is 6.20 Å². The summed E-state index contributed by atoms with van der Waals surface area (Å²) in [6.45, 7) is 6.49. The third kappa shape index (κ3) is 6.37. The van der Waals surface area contributed by atoms with Crippen molar-refractivity contribution in [1.82, 2.24) is 20.3 Å². The van der Waals surface area contributed by atoms with Gasteiger partial charge < -0.3 is 10.4 Å². The minimum absolute atomic E-state index is 0.0778. The minimum Gasteiger partial charge on any atom is -0.481 e. The number of aryl methyl sites for hydroxylation is 1. The SMILES string of the molecule is CC(C)CNC(=O)C(C)n1cc(CCCCC(=O)O)nn1. The lowest BCUT2D eigenvalue weighted by Crippen LogP contribution is -2.33. The molecule has 1 unspecified atom stereocenters. The number of aliphatic carboxylic acids is 1. The van der Waals surface area contributed by atoms with E-state index >= 15 is 0 Å². The summed E-state index contributed by atoms with van der Waals surface area (Å²) in [5.41, 5.74) is 0.781. The van der Waals surface area contributed by atoms with E-state index in [9.17, 15) is 9.59 Å². The molecular formula is C14H24N4O3. The summed E-state index contributed by atoms with van der Waals surface area (Å²) < 4.78 is 1.54. The Morgan fingerprint density at radius 2 is 2.05 bits per heavy atom. The number of hydrogen-bond acceptors (Lipinski definition) is 4. The fourth-order valence-electron chi connectivity index (χ4n) is 1.77. The van der Waals surface area contributed by atoms with Crippen LogP contribution < -0.4 is 5.32 Å². The molecule has 0 bridgehead atoms. The van der Waals surface area contributed by atoms with E-state index in [1.54, 1.807) is 17.8 Å². The van der Waals surface area contributed by atoms with Crippen LogP contribution in [-0.2, 0) is 16.0 Å². The third-order valence-corrected chi connectivity index (χ3v) is 3.09. The summed E-state index contributed by atoms with van der Waals surface area (Å²) in [4.78, 5) is 22.3. The first kappa shape index (κ1) is 17.1. The first-order chi connectivity index (χ1) is 9.90. The topological polar surface area (TPSA) is 97.1 Å². The molecule has 0 spiro atoms. The number of carbonyl (C=O) groups is 2. The predicted molar refractivity (Wildman–Crippen MR) is 77.8 cm³/mol. The maximum absolute atomic E-state index is 11.9. The standard InChI is InChI=1S/C14H24N4O3/c1-10(2)8-15-14(21)11(3)18-9-12(16-17-18)6-4-5-7-13(19)20/h9-11H,4-8H2,1-3H3,(H,15,21)(H,19,20). The smallest absolute Gasteiger partial charge is 0.303 e. The van der Waals surface area contributed by atoms with Crippen LogP contribution in [0, 0.1) is 5.92 Å². The third-order valence-electron chi connectivity index (χ3n) is 3.09. The van der Waals surface area contributed by atoms with Gasteiger partial charge in [-0.2, -0.15) is 0 Å². The molecule has 7 nitrogen and oxygen atoms in total. The van der Waals surface area contributed by atoms with Crippen molar-refractivity contribution in [2.45, 2.75) is 52.5 Å². The zero-order valence-corrected chi connectivity index (χ0v) is 12.9. The van der Waals surface area contributed by atoms with Crippen LogP contribution in [0.5, 0.6) is 0 Å². The van der Waals surface area contributed by atoms with E-state index in [4.69, 9.17) is 5.11 Å². The normalized spacial score (nSPS) is 12.4. The van der Waals surface area contributed by atoms with E-state index in [1.807, 2.05) is 13.8 Å². The van der Waals surface area contributed by atoms with Gasteiger partial charge in [-0.3, -0.25) is 9.59 Å². The molecule has 1 aromatic rings. The molecule has 21 heavy (non-hydrogen) atoms. The Hall–Kier alpha value is -1.92. The number of amides is 1. The van der Waals surface area contributed by atoms with E-state index in [0.29, 0.717) is 25.3 Å².